The fraction of sp³-hybridized carbons (Fsp3) is 0. The zero-order chi connectivity index (χ0) is 33.9. The second-order valence-corrected chi connectivity index (χ2v) is 13.7. The monoisotopic (exact) mass is 663 g/mol. The van der Waals surface area contributed by atoms with E-state index in [2.05, 4.69) is 184 Å². The highest BCUT2D eigenvalue weighted by Crippen LogP contribution is 2.47. The lowest BCUT2D eigenvalue weighted by Crippen LogP contribution is -2.04. The van der Waals surface area contributed by atoms with Crippen LogP contribution in [0.3, 0.4) is 0 Å². The van der Waals surface area contributed by atoms with Crippen LogP contribution in [0.15, 0.2) is 176 Å². The Kier molecular flexibility index (Phi) is 5.47. The van der Waals surface area contributed by atoms with Gasteiger partial charge in [-0.25, -0.2) is 0 Å². The Balaban J connectivity index is 1.04. The van der Waals surface area contributed by atoms with Crippen LogP contribution < -0.4 is 4.74 Å². The molecule has 12 rings (SSSR count). The Bertz CT molecular complexity index is 3210. The van der Waals surface area contributed by atoms with Gasteiger partial charge in [-0.3, -0.25) is 0 Å². The van der Waals surface area contributed by atoms with Crippen LogP contribution in [-0.4, -0.2) is 13.7 Å². The minimum atomic E-state index is 0.873. The van der Waals surface area contributed by atoms with E-state index >= 15 is 0 Å². The van der Waals surface area contributed by atoms with E-state index in [1.807, 2.05) is 6.07 Å². The fourth-order valence-corrected chi connectivity index (χ4v) is 8.86. The number of aromatic nitrogens is 3. The molecule has 52 heavy (non-hydrogen) atoms. The average molecular weight is 664 g/mol. The summed E-state index contributed by atoms with van der Waals surface area (Å²) in [6, 6.07) is 63.5. The molecule has 0 bridgehead atoms. The van der Waals surface area contributed by atoms with Crippen molar-refractivity contribution >= 4 is 65.4 Å². The summed E-state index contributed by atoms with van der Waals surface area (Å²) in [7, 11) is 0. The van der Waals surface area contributed by atoms with Crippen LogP contribution in [0.25, 0.3) is 93.6 Å². The van der Waals surface area contributed by atoms with Crippen LogP contribution in [-0.2, 0) is 0 Å². The van der Waals surface area contributed by atoms with Crippen LogP contribution in [0.2, 0.25) is 0 Å². The Labute approximate surface area is 298 Å². The molecule has 0 amide bonds. The van der Waals surface area contributed by atoms with Gasteiger partial charge in [-0.1, -0.05) is 109 Å². The standard InChI is InChI=1S/C48H29N3O/c1-4-17-40-34(11-1)35-12-2-5-18-41(35)50(40)32-27-28-43-39(29-32)36-13-3-6-19-42(36)49(43)31-25-23-30(24-26-31)33-14-9-15-37-38-16-10-22-46-48(38)51(47(33)37)44-20-7-8-21-45(44)52-46/h1-29H. The van der Waals surface area contributed by atoms with Gasteiger partial charge in [-0.05, 0) is 72.3 Å². The van der Waals surface area contributed by atoms with E-state index in [0.29, 0.717) is 0 Å². The third-order valence-electron chi connectivity index (χ3n) is 11.0. The molecule has 0 spiro atoms. The first-order valence-electron chi connectivity index (χ1n) is 17.8. The summed E-state index contributed by atoms with van der Waals surface area (Å²) in [5.41, 5.74) is 12.9. The van der Waals surface area contributed by atoms with E-state index in [1.165, 1.54) is 71.0 Å². The number of para-hydroxylation sites is 7. The molecule has 1 aliphatic rings. The van der Waals surface area contributed by atoms with Crippen LogP contribution in [0.4, 0.5) is 0 Å². The van der Waals surface area contributed by atoms with Crippen molar-refractivity contribution < 1.29 is 4.74 Å². The first-order valence-corrected chi connectivity index (χ1v) is 17.8. The van der Waals surface area contributed by atoms with Crippen molar-refractivity contribution in [3.05, 3.63) is 176 Å². The van der Waals surface area contributed by atoms with Crippen LogP contribution in [0, 0.1) is 0 Å². The molecule has 1 aliphatic heterocycles. The normalized spacial score (nSPS) is 12.4. The van der Waals surface area contributed by atoms with Crippen LogP contribution in [0.1, 0.15) is 0 Å². The van der Waals surface area contributed by atoms with Crippen molar-refractivity contribution in [1.29, 1.82) is 0 Å². The molecule has 4 nitrogen and oxygen atoms in total. The third kappa shape index (κ3) is 3.65. The molecule has 0 aliphatic carbocycles. The number of benzene rings is 8. The number of rotatable bonds is 3. The molecular weight excluding hydrogens is 635 g/mol. The van der Waals surface area contributed by atoms with E-state index in [-0.39, 0.29) is 0 Å². The van der Waals surface area contributed by atoms with E-state index in [1.54, 1.807) is 0 Å². The van der Waals surface area contributed by atoms with E-state index < -0.39 is 0 Å². The Morgan fingerprint density at radius 2 is 0.846 bits per heavy atom. The molecule has 4 heterocycles. The van der Waals surface area contributed by atoms with Gasteiger partial charge >= 0.3 is 0 Å². The van der Waals surface area contributed by atoms with Crippen molar-refractivity contribution in [1.82, 2.24) is 13.7 Å². The van der Waals surface area contributed by atoms with E-state index in [0.717, 1.165) is 34.1 Å². The number of nitrogens with zero attached hydrogens (tertiary/aromatic N) is 3. The fourth-order valence-electron chi connectivity index (χ4n) is 8.86. The van der Waals surface area contributed by atoms with E-state index in [4.69, 9.17) is 4.74 Å². The molecule has 4 heteroatoms. The maximum atomic E-state index is 6.39. The SMILES string of the molecule is c1ccc2c(c1)Oc1cccc3c4cccc(-c5ccc(-n6c7ccccc7c7cc(-n8c9ccccc9c9ccccc98)ccc76)cc5)c4n-2c13. The second-order valence-electron chi connectivity index (χ2n) is 13.7. The number of hydrogen-bond donors (Lipinski definition) is 0. The van der Waals surface area contributed by atoms with Crippen molar-refractivity contribution in [3.8, 4) is 39.7 Å². The molecule has 8 aromatic carbocycles. The second kappa shape index (κ2) is 10.3. The van der Waals surface area contributed by atoms with Gasteiger partial charge in [0.1, 0.15) is 0 Å². The quantitative estimate of drug-likeness (QED) is 0.185. The first-order chi connectivity index (χ1) is 25.8. The topological polar surface area (TPSA) is 24.0 Å². The van der Waals surface area contributed by atoms with Gasteiger partial charge < -0.3 is 18.4 Å². The molecule has 0 saturated heterocycles. The van der Waals surface area contributed by atoms with Gasteiger partial charge in [0.25, 0.3) is 0 Å². The average Bonchev–Trinajstić information content (AvgIpc) is 3.85. The minimum Gasteiger partial charge on any atom is -0.453 e. The Morgan fingerprint density at radius 3 is 1.58 bits per heavy atom. The number of ether oxygens (including phenoxy) is 1. The molecule has 242 valence electrons. The van der Waals surface area contributed by atoms with Gasteiger partial charge in [-0.2, -0.15) is 0 Å². The van der Waals surface area contributed by atoms with Gasteiger partial charge in [0.2, 0.25) is 0 Å². The molecule has 0 atom stereocenters. The van der Waals surface area contributed by atoms with Gasteiger partial charge in [-0.15, -0.1) is 0 Å². The predicted octanol–water partition coefficient (Wildman–Crippen LogP) is 12.8. The van der Waals surface area contributed by atoms with E-state index in [9.17, 15) is 0 Å². The largest absolute Gasteiger partial charge is 0.453 e. The van der Waals surface area contributed by atoms with Crippen molar-refractivity contribution in [2.24, 2.45) is 0 Å². The molecule has 3 aromatic heterocycles. The summed E-state index contributed by atoms with van der Waals surface area (Å²) < 4.78 is 13.6. The summed E-state index contributed by atoms with van der Waals surface area (Å²) in [5, 5.41) is 7.44. The van der Waals surface area contributed by atoms with Crippen molar-refractivity contribution in [3.63, 3.8) is 0 Å². The Morgan fingerprint density at radius 1 is 0.327 bits per heavy atom. The predicted molar refractivity (Wildman–Crippen MR) is 215 cm³/mol. The molecule has 11 aromatic rings. The zero-order valence-electron chi connectivity index (χ0n) is 28.0. The third-order valence-corrected chi connectivity index (χ3v) is 11.0. The molecule has 0 N–H and O–H groups in total. The highest BCUT2D eigenvalue weighted by atomic mass is 16.5. The Hall–Kier alpha value is -7.04. The van der Waals surface area contributed by atoms with Crippen molar-refractivity contribution in [2.45, 2.75) is 0 Å². The van der Waals surface area contributed by atoms with Gasteiger partial charge in [0.05, 0.1) is 38.8 Å². The zero-order valence-corrected chi connectivity index (χ0v) is 28.0. The maximum Gasteiger partial charge on any atom is 0.152 e. The summed E-state index contributed by atoms with van der Waals surface area (Å²) in [5.74, 6) is 1.76. The molecule has 0 radical (unpaired) electrons. The highest BCUT2D eigenvalue weighted by molar-refractivity contribution is 6.16. The summed E-state index contributed by atoms with van der Waals surface area (Å²) in [4.78, 5) is 0. The molecule has 0 fully saturated rings. The van der Waals surface area contributed by atoms with Crippen LogP contribution >= 0.6 is 0 Å². The summed E-state index contributed by atoms with van der Waals surface area (Å²) in [6.07, 6.45) is 0. The lowest BCUT2D eigenvalue weighted by molar-refractivity contribution is 0.476. The molecule has 0 unspecified atom stereocenters. The molecular formula is C48H29N3O. The summed E-state index contributed by atoms with van der Waals surface area (Å²) >= 11 is 0. The number of hydrogen-bond acceptors (Lipinski definition) is 1. The molecule has 0 saturated carbocycles. The smallest absolute Gasteiger partial charge is 0.152 e. The van der Waals surface area contributed by atoms with Gasteiger partial charge in [0.15, 0.2) is 11.5 Å². The lowest BCUT2D eigenvalue weighted by Gasteiger charge is -2.21. The number of fused-ring (bicyclic) bond motifs is 11. The highest BCUT2D eigenvalue weighted by Gasteiger charge is 2.25. The van der Waals surface area contributed by atoms with Crippen molar-refractivity contribution in [2.75, 3.05) is 0 Å². The summed E-state index contributed by atoms with van der Waals surface area (Å²) in [6.45, 7) is 0. The first kappa shape index (κ1) is 27.7. The maximum absolute atomic E-state index is 6.39. The lowest BCUT2D eigenvalue weighted by atomic mass is 10.0. The minimum absolute atomic E-state index is 0.873. The van der Waals surface area contributed by atoms with Gasteiger partial charge in [0, 0.05) is 49.3 Å². The van der Waals surface area contributed by atoms with Crippen LogP contribution in [0.5, 0.6) is 11.5 Å².